The molecule has 106 valence electrons. The summed E-state index contributed by atoms with van der Waals surface area (Å²) in [4.78, 5) is 4.53. The Morgan fingerprint density at radius 1 is 0.773 bits per heavy atom. The SMILES string of the molecule is CCc1ccnc(-c2ccc3c(ccc4ccccc43)c2)c1. The maximum atomic E-state index is 4.53. The lowest BCUT2D eigenvalue weighted by Crippen LogP contribution is -1.87. The summed E-state index contributed by atoms with van der Waals surface area (Å²) in [6.45, 7) is 2.17. The molecule has 1 aromatic heterocycles. The fourth-order valence-corrected chi connectivity index (χ4v) is 3.02. The quantitative estimate of drug-likeness (QED) is 0.435. The number of pyridine rings is 1. The van der Waals surface area contributed by atoms with Crippen molar-refractivity contribution < 1.29 is 0 Å². The molecule has 1 nitrogen and oxygen atoms in total. The molecular weight excluding hydrogens is 266 g/mol. The Kier molecular flexibility index (Phi) is 3.12. The van der Waals surface area contributed by atoms with Gasteiger partial charge in [-0.3, -0.25) is 4.98 Å². The molecular formula is C21H17N. The fourth-order valence-electron chi connectivity index (χ4n) is 3.02. The van der Waals surface area contributed by atoms with Crippen molar-refractivity contribution in [2.75, 3.05) is 0 Å². The normalized spacial score (nSPS) is 11.1. The Labute approximate surface area is 130 Å². The summed E-state index contributed by atoms with van der Waals surface area (Å²) in [5, 5.41) is 5.16. The number of benzene rings is 3. The molecule has 3 aromatic carbocycles. The highest BCUT2D eigenvalue weighted by Gasteiger charge is 2.04. The van der Waals surface area contributed by atoms with Crippen molar-refractivity contribution in [1.82, 2.24) is 4.98 Å². The maximum absolute atomic E-state index is 4.53. The third-order valence-electron chi connectivity index (χ3n) is 4.27. The maximum Gasteiger partial charge on any atom is 0.0704 e. The van der Waals surface area contributed by atoms with E-state index < -0.39 is 0 Å². The van der Waals surface area contributed by atoms with Gasteiger partial charge in [-0.15, -0.1) is 0 Å². The Morgan fingerprint density at radius 2 is 1.59 bits per heavy atom. The van der Waals surface area contributed by atoms with Crippen LogP contribution < -0.4 is 0 Å². The molecule has 0 radical (unpaired) electrons. The summed E-state index contributed by atoms with van der Waals surface area (Å²) < 4.78 is 0. The van der Waals surface area contributed by atoms with Crippen LogP contribution in [0.15, 0.2) is 72.9 Å². The molecule has 0 fully saturated rings. The second-order valence-electron chi connectivity index (χ2n) is 5.63. The Hall–Kier alpha value is -2.67. The van der Waals surface area contributed by atoms with E-state index in [-0.39, 0.29) is 0 Å². The Balaban J connectivity index is 1.92. The zero-order chi connectivity index (χ0) is 14.9. The number of rotatable bonds is 2. The van der Waals surface area contributed by atoms with Crippen LogP contribution in [0.2, 0.25) is 0 Å². The lowest BCUT2D eigenvalue weighted by atomic mass is 9.99. The summed E-state index contributed by atoms with van der Waals surface area (Å²) in [5.41, 5.74) is 3.55. The molecule has 0 unspecified atom stereocenters. The number of hydrogen-bond acceptors (Lipinski definition) is 1. The van der Waals surface area contributed by atoms with E-state index in [1.165, 1.54) is 32.7 Å². The molecule has 0 aliphatic carbocycles. The summed E-state index contributed by atoms with van der Waals surface area (Å²) in [6, 6.07) is 23.8. The average Bonchev–Trinajstić information content (AvgIpc) is 2.61. The molecule has 0 saturated carbocycles. The highest BCUT2D eigenvalue weighted by molar-refractivity contribution is 6.08. The first-order valence-corrected chi connectivity index (χ1v) is 7.72. The largest absolute Gasteiger partial charge is 0.256 e. The second kappa shape index (κ2) is 5.27. The minimum Gasteiger partial charge on any atom is -0.256 e. The Bertz CT molecular complexity index is 970. The van der Waals surface area contributed by atoms with Gasteiger partial charge in [0, 0.05) is 11.8 Å². The van der Waals surface area contributed by atoms with Gasteiger partial charge in [-0.2, -0.15) is 0 Å². The zero-order valence-electron chi connectivity index (χ0n) is 12.6. The average molecular weight is 283 g/mol. The van der Waals surface area contributed by atoms with Gasteiger partial charge >= 0.3 is 0 Å². The van der Waals surface area contributed by atoms with Gasteiger partial charge in [0.25, 0.3) is 0 Å². The van der Waals surface area contributed by atoms with E-state index in [1.807, 2.05) is 6.20 Å². The smallest absolute Gasteiger partial charge is 0.0704 e. The van der Waals surface area contributed by atoms with Crippen molar-refractivity contribution >= 4 is 21.5 Å². The van der Waals surface area contributed by atoms with Gasteiger partial charge in [-0.25, -0.2) is 0 Å². The standard InChI is InChI=1S/C21H17N/c1-2-15-11-12-22-21(13-15)18-9-10-20-17(14-18)8-7-16-5-3-4-6-19(16)20/h3-14H,2H2,1H3. The molecule has 0 amide bonds. The first-order valence-electron chi connectivity index (χ1n) is 7.72. The zero-order valence-corrected chi connectivity index (χ0v) is 12.6. The van der Waals surface area contributed by atoms with Crippen LogP contribution >= 0.6 is 0 Å². The van der Waals surface area contributed by atoms with Gasteiger partial charge in [0.15, 0.2) is 0 Å². The molecule has 0 aliphatic rings. The van der Waals surface area contributed by atoms with Crippen molar-refractivity contribution in [3.8, 4) is 11.3 Å². The highest BCUT2D eigenvalue weighted by Crippen LogP contribution is 2.29. The molecule has 4 rings (SSSR count). The minimum atomic E-state index is 1.04. The molecule has 1 heteroatoms. The summed E-state index contributed by atoms with van der Waals surface area (Å²) in [5.74, 6) is 0. The first kappa shape index (κ1) is 13.0. The topological polar surface area (TPSA) is 12.9 Å². The van der Waals surface area contributed by atoms with Gasteiger partial charge in [0.05, 0.1) is 5.69 Å². The molecule has 0 N–H and O–H groups in total. The van der Waals surface area contributed by atoms with Crippen molar-refractivity contribution in [1.29, 1.82) is 0 Å². The summed E-state index contributed by atoms with van der Waals surface area (Å²) in [6.07, 6.45) is 2.94. The molecule has 0 saturated heterocycles. The van der Waals surface area contributed by atoms with Crippen LogP contribution in [0.25, 0.3) is 32.8 Å². The fraction of sp³-hybridized carbons (Fsp3) is 0.0952. The molecule has 0 atom stereocenters. The predicted octanol–water partition coefficient (Wildman–Crippen LogP) is 5.62. The monoisotopic (exact) mass is 283 g/mol. The van der Waals surface area contributed by atoms with Gasteiger partial charge in [-0.1, -0.05) is 55.5 Å². The number of fused-ring (bicyclic) bond motifs is 3. The van der Waals surface area contributed by atoms with Crippen LogP contribution in [-0.2, 0) is 6.42 Å². The number of nitrogens with zero attached hydrogens (tertiary/aromatic N) is 1. The van der Waals surface area contributed by atoms with Gasteiger partial charge in [-0.05, 0) is 51.7 Å². The van der Waals surface area contributed by atoms with E-state index in [9.17, 15) is 0 Å². The summed E-state index contributed by atoms with van der Waals surface area (Å²) in [7, 11) is 0. The molecule has 1 heterocycles. The lowest BCUT2D eigenvalue weighted by Gasteiger charge is -2.07. The molecule has 0 bridgehead atoms. The van der Waals surface area contributed by atoms with Crippen LogP contribution in [0.3, 0.4) is 0 Å². The highest BCUT2D eigenvalue weighted by atomic mass is 14.7. The van der Waals surface area contributed by atoms with E-state index in [4.69, 9.17) is 0 Å². The molecule has 0 aliphatic heterocycles. The van der Waals surface area contributed by atoms with Gasteiger partial charge < -0.3 is 0 Å². The molecule has 22 heavy (non-hydrogen) atoms. The summed E-state index contributed by atoms with van der Waals surface area (Å²) >= 11 is 0. The van der Waals surface area contributed by atoms with Crippen LogP contribution in [0.1, 0.15) is 12.5 Å². The van der Waals surface area contributed by atoms with E-state index in [1.54, 1.807) is 0 Å². The number of hydrogen-bond donors (Lipinski definition) is 0. The van der Waals surface area contributed by atoms with E-state index in [0.29, 0.717) is 0 Å². The first-order chi connectivity index (χ1) is 10.8. The van der Waals surface area contributed by atoms with Crippen molar-refractivity contribution in [3.63, 3.8) is 0 Å². The third-order valence-corrected chi connectivity index (χ3v) is 4.27. The van der Waals surface area contributed by atoms with Crippen molar-refractivity contribution in [2.45, 2.75) is 13.3 Å². The van der Waals surface area contributed by atoms with Crippen molar-refractivity contribution in [3.05, 3.63) is 78.5 Å². The van der Waals surface area contributed by atoms with Gasteiger partial charge in [0.1, 0.15) is 0 Å². The van der Waals surface area contributed by atoms with E-state index in [0.717, 1.165) is 12.1 Å². The second-order valence-corrected chi connectivity index (χ2v) is 5.63. The van der Waals surface area contributed by atoms with E-state index >= 15 is 0 Å². The van der Waals surface area contributed by atoms with E-state index in [2.05, 4.69) is 78.6 Å². The minimum absolute atomic E-state index is 1.04. The predicted molar refractivity (Wildman–Crippen MR) is 94.1 cm³/mol. The van der Waals surface area contributed by atoms with Crippen LogP contribution in [0.5, 0.6) is 0 Å². The van der Waals surface area contributed by atoms with Crippen LogP contribution in [-0.4, -0.2) is 4.98 Å². The third kappa shape index (κ3) is 2.15. The number of aromatic nitrogens is 1. The molecule has 4 aromatic rings. The van der Waals surface area contributed by atoms with Crippen molar-refractivity contribution in [2.24, 2.45) is 0 Å². The Morgan fingerprint density at radius 3 is 2.50 bits per heavy atom. The molecule has 0 spiro atoms. The van der Waals surface area contributed by atoms with Crippen LogP contribution in [0.4, 0.5) is 0 Å². The lowest BCUT2D eigenvalue weighted by molar-refractivity contribution is 1.12. The van der Waals surface area contributed by atoms with Crippen LogP contribution in [0, 0.1) is 0 Å². The van der Waals surface area contributed by atoms with Gasteiger partial charge in [0.2, 0.25) is 0 Å². The number of aryl methyl sites for hydroxylation is 1.